The summed E-state index contributed by atoms with van der Waals surface area (Å²) < 4.78 is 10.5. The number of ether oxygens (including phenoxy) is 2. The SMILES string of the molecule is CC(C)(C)CNC(=O)c1ccc(C(=O)Nc2cc3c(cc2N)OCO3)cc1. The third-order valence-corrected chi connectivity index (χ3v) is 3.98. The number of nitrogens with two attached hydrogens (primary N) is 1. The van der Waals surface area contributed by atoms with Gasteiger partial charge in [0.1, 0.15) is 0 Å². The number of anilines is 2. The molecule has 0 radical (unpaired) electrons. The third-order valence-electron chi connectivity index (χ3n) is 3.98. The van der Waals surface area contributed by atoms with Crippen LogP contribution < -0.4 is 25.8 Å². The van der Waals surface area contributed by atoms with Gasteiger partial charge in [0.15, 0.2) is 11.5 Å². The molecular weight excluding hydrogens is 346 g/mol. The van der Waals surface area contributed by atoms with Crippen molar-refractivity contribution in [3.8, 4) is 11.5 Å². The molecule has 0 saturated carbocycles. The lowest BCUT2D eigenvalue weighted by Crippen LogP contribution is -2.32. The Labute approximate surface area is 157 Å². The van der Waals surface area contributed by atoms with Gasteiger partial charge in [0.2, 0.25) is 6.79 Å². The van der Waals surface area contributed by atoms with Crippen LogP contribution in [-0.4, -0.2) is 25.2 Å². The zero-order valence-electron chi connectivity index (χ0n) is 15.6. The molecule has 1 heterocycles. The Morgan fingerprint density at radius 3 is 2.15 bits per heavy atom. The molecule has 3 rings (SSSR count). The van der Waals surface area contributed by atoms with Gasteiger partial charge >= 0.3 is 0 Å². The van der Waals surface area contributed by atoms with Crippen LogP contribution in [0, 0.1) is 5.41 Å². The van der Waals surface area contributed by atoms with Gasteiger partial charge in [-0.3, -0.25) is 9.59 Å². The van der Waals surface area contributed by atoms with Crippen LogP contribution in [0.15, 0.2) is 36.4 Å². The van der Waals surface area contributed by atoms with Gasteiger partial charge in [-0.2, -0.15) is 0 Å². The van der Waals surface area contributed by atoms with Gasteiger partial charge in [-0.25, -0.2) is 0 Å². The van der Waals surface area contributed by atoms with E-state index in [0.29, 0.717) is 40.5 Å². The summed E-state index contributed by atoms with van der Waals surface area (Å²) in [5, 5.41) is 5.63. The van der Waals surface area contributed by atoms with Crippen LogP contribution in [0.25, 0.3) is 0 Å². The predicted octanol–water partition coefficient (Wildman–Crippen LogP) is 3.03. The summed E-state index contributed by atoms with van der Waals surface area (Å²) in [7, 11) is 0. The molecule has 2 aromatic rings. The first-order valence-corrected chi connectivity index (χ1v) is 8.62. The Kier molecular flexibility index (Phi) is 4.94. The molecule has 0 bridgehead atoms. The van der Waals surface area contributed by atoms with E-state index in [1.54, 1.807) is 36.4 Å². The number of fused-ring (bicyclic) bond motifs is 1. The van der Waals surface area contributed by atoms with E-state index in [0.717, 1.165) is 0 Å². The van der Waals surface area contributed by atoms with E-state index < -0.39 is 0 Å². The summed E-state index contributed by atoms with van der Waals surface area (Å²) in [6, 6.07) is 9.69. The summed E-state index contributed by atoms with van der Waals surface area (Å²) in [4.78, 5) is 24.6. The zero-order valence-corrected chi connectivity index (χ0v) is 15.6. The second kappa shape index (κ2) is 7.19. The molecule has 0 atom stereocenters. The Bertz CT molecular complexity index is 870. The Hall–Kier alpha value is -3.22. The van der Waals surface area contributed by atoms with Crippen LogP contribution in [0.3, 0.4) is 0 Å². The number of rotatable bonds is 4. The van der Waals surface area contributed by atoms with Crippen LogP contribution in [-0.2, 0) is 0 Å². The molecule has 4 N–H and O–H groups in total. The number of hydrogen-bond acceptors (Lipinski definition) is 5. The average Bonchev–Trinajstić information content (AvgIpc) is 3.06. The number of benzene rings is 2. The molecule has 1 aliphatic heterocycles. The van der Waals surface area contributed by atoms with Crippen molar-refractivity contribution in [3.05, 3.63) is 47.5 Å². The predicted molar refractivity (Wildman–Crippen MR) is 103 cm³/mol. The smallest absolute Gasteiger partial charge is 0.255 e. The lowest BCUT2D eigenvalue weighted by Gasteiger charge is -2.18. The molecule has 0 spiro atoms. The van der Waals surface area contributed by atoms with E-state index in [4.69, 9.17) is 15.2 Å². The maximum atomic E-state index is 12.5. The number of hydrogen-bond donors (Lipinski definition) is 3. The quantitative estimate of drug-likeness (QED) is 0.719. The van der Waals surface area contributed by atoms with Crippen molar-refractivity contribution < 1.29 is 19.1 Å². The normalized spacial score (nSPS) is 12.6. The summed E-state index contributed by atoms with van der Waals surface area (Å²) in [5.41, 5.74) is 7.69. The van der Waals surface area contributed by atoms with E-state index in [1.807, 2.05) is 20.8 Å². The van der Waals surface area contributed by atoms with Crippen molar-refractivity contribution >= 4 is 23.2 Å². The second-order valence-corrected chi connectivity index (χ2v) is 7.57. The first-order valence-electron chi connectivity index (χ1n) is 8.62. The fraction of sp³-hybridized carbons (Fsp3) is 0.300. The molecule has 0 aromatic heterocycles. The maximum Gasteiger partial charge on any atom is 0.255 e. The van der Waals surface area contributed by atoms with Crippen molar-refractivity contribution in [2.75, 3.05) is 24.4 Å². The van der Waals surface area contributed by atoms with Crippen molar-refractivity contribution in [3.63, 3.8) is 0 Å². The molecule has 1 aliphatic rings. The molecule has 7 heteroatoms. The van der Waals surface area contributed by atoms with Gasteiger partial charge < -0.3 is 25.8 Å². The van der Waals surface area contributed by atoms with Crippen LogP contribution in [0.5, 0.6) is 11.5 Å². The van der Waals surface area contributed by atoms with Crippen molar-refractivity contribution in [1.29, 1.82) is 0 Å². The van der Waals surface area contributed by atoms with Gasteiger partial charge in [-0.05, 0) is 29.7 Å². The highest BCUT2D eigenvalue weighted by Gasteiger charge is 2.18. The van der Waals surface area contributed by atoms with Gasteiger partial charge in [0.25, 0.3) is 11.8 Å². The van der Waals surface area contributed by atoms with Crippen molar-refractivity contribution in [1.82, 2.24) is 5.32 Å². The van der Waals surface area contributed by atoms with Crippen molar-refractivity contribution in [2.45, 2.75) is 20.8 Å². The molecule has 0 fully saturated rings. The molecule has 0 unspecified atom stereocenters. The van der Waals surface area contributed by atoms with E-state index in [1.165, 1.54) is 0 Å². The van der Waals surface area contributed by atoms with Gasteiger partial charge in [-0.1, -0.05) is 20.8 Å². The zero-order chi connectivity index (χ0) is 19.6. The molecule has 142 valence electrons. The Morgan fingerprint density at radius 1 is 1.00 bits per heavy atom. The molecule has 2 amide bonds. The summed E-state index contributed by atoms with van der Waals surface area (Å²) >= 11 is 0. The largest absolute Gasteiger partial charge is 0.454 e. The van der Waals surface area contributed by atoms with Crippen molar-refractivity contribution in [2.24, 2.45) is 5.41 Å². The minimum atomic E-state index is -0.331. The molecule has 7 nitrogen and oxygen atoms in total. The van der Waals surface area contributed by atoms with E-state index in [-0.39, 0.29) is 24.0 Å². The fourth-order valence-corrected chi connectivity index (χ4v) is 2.48. The van der Waals surface area contributed by atoms with Gasteiger partial charge in [0, 0.05) is 29.8 Å². The van der Waals surface area contributed by atoms with E-state index >= 15 is 0 Å². The molecule has 27 heavy (non-hydrogen) atoms. The standard InChI is InChI=1S/C20H23N3O4/c1-20(2,3)10-22-18(24)12-4-6-13(7-5-12)19(25)23-15-9-17-16(8-14(15)21)26-11-27-17/h4-9H,10-11,21H2,1-3H3,(H,22,24)(H,23,25). The van der Waals surface area contributed by atoms with E-state index in [2.05, 4.69) is 10.6 Å². The number of nitrogens with one attached hydrogen (secondary N) is 2. The molecule has 0 saturated heterocycles. The molecule has 2 aromatic carbocycles. The maximum absolute atomic E-state index is 12.5. The highest BCUT2D eigenvalue weighted by atomic mass is 16.7. The third kappa shape index (κ3) is 4.49. The summed E-state index contributed by atoms with van der Waals surface area (Å²) in [6.45, 7) is 6.83. The highest BCUT2D eigenvalue weighted by Crippen LogP contribution is 2.38. The van der Waals surface area contributed by atoms with E-state index in [9.17, 15) is 9.59 Å². The minimum Gasteiger partial charge on any atom is -0.454 e. The Balaban J connectivity index is 1.67. The summed E-state index contributed by atoms with van der Waals surface area (Å²) in [6.07, 6.45) is 0. The van der Waals surface area contributed by atoms with Crippen LogP contribution >= 0.6 is 0 Å². The lowest BCUT2D eigenvalue weighted by atomic mass is 9.97. The second-order valence-electron chi connectivity index (χ2n) is 7.57. The lowest BCUT2D eigenvalue weighted by molar-refractivity contribution is 0.0938. The van der Waals surface area contributed by atoms with Crippen LogP contribution in [0.4, 0.5) is 11.4 Å². The number of carbonyl (C=O) groups is 2. The average molecular weight is 369 g/mol. The topological polar surface area (TPSA) is 103 Å². The monoisotopic (exact) mass is 369 g/mol. The first kappa shape index (κ1) is 18.6. The fourth-order valence-electron chi connectivity index (χ4n) is 2.48. The Morgan fingerprint density at radius 2 is 1.56 bits per heavy atom. The van der Waals surface area contributed by atoms with Gasteiger partial charge in [0.05, 0.1) is 11.4 Å². The van der Waals surface area contributed by atoms with Crippen LogP contribution in [0.1, 0.15) is 41.5 Å². The minimum absolute atomic E-state index is 0.0000319. The van der Waals surface area contributed by atoms with Crippen LogP contribution in [0.2, 0.25) is 0 Å². The first-order chi connectivity index (χ1) is 12.7. The van der Waals surface area contributed by atoms with Gasteiger partial charge in [-0.15, -0.1) is 0 Å². The highest BCUT2D eigenvalue weighted by molar-refractivity contribution is 6.06. The molecular formula is C20H23N3O4. The number of nitrogen functional groups attached to an aromatic ring is 1. The summed E-state index contributed by atoms with van der Waals surface area (Å²) in [5.74, 6) is 0.584. The number of carbonyl (C=O) groups excluding carboxylic acids is 2. The molecule has 0 aliphatic carbocycles. The number of amides is 2.